The topological polar surface area (TPSA) is 68.3 Å². The normalized spacial score (nSPS) is 15.5. The lowest BCUT2D eigenvalue weighted by Crippen LogP contribution is -2.40. The number of hydrogen-bond acceptors (Lipinski definition) is 3. The third kappa shape index (κ3) is 3.28. The molecular formula is C15H23N3O2. The fourth-order valence-electron chi connectivity index (χ4n) is 2.77. The Hall–Kier alpha value is -1.62. The van der Waals surface area contributed by atoms with Crippen LogP contribution in [0.25, 0.3) is 0 Å². The largest absolute Gasteiger partial charge is 0.336 e. The average Bonchev–Trinajstić information content (AvgIpc) is 2.96. The molecule has 0 atom stereocenters. The van der Waals surface area contributed by atoms with Crippen LogP contribution in [0.5, 0.6) is 0 Å². The molecule has 1 aromatic rings. The van der Waals surface area contributed by atoms with E-state index in [4.69, 9.17) is 5.73 Å². The molecule has 1 aromatic heterocycles. The summed E-state index contributed by atoms with van der Waals surface area (Å²) in [6.45, 7) is 1.25. The summed E-state index contributed by atoms with van der Waals surface area (Å²) < 4.78 is 1.47. The molecule has 0 aliphatic heterocycles. The number of aryl methyl sites for hydroxylation is 1. The van der Waals surface area contributed by atoms with Gasteiger partial charge >= 0.3 is 0 Å². The number of amides is 1. The highest BCUT2D eigenvalue weighted by Crippen LogP contribution is 2.24. The first-order chi connectivity index (χ1) is 9.63. The van der Waals surface area contributed by atoms with Gasteiger partial charge in [0.1, 0.15) is 0 Å². The van der Waals surface area contributed by atoms with E-state index in [0.717, 1.165) is 19.3 Å². The van der Waals surface area contributed by atoms with E-state index >= 15 is 0 Å². The van der Waals surface area contributed by atoms with Crippen molar-refractivity contribution in [3.8, 4) is 0 Å². The number of aromatic nitrogens is 1. The number of nitrogens with two attached hydrogens (primary N) is 1. The molecule has 0 unspecified atom stereocenters. The summed E-state index contributed by atoms with van der Waals surface area (Å²) >= 11 is 0. The number of carbonyl (C=O) groups excluding carboxylic acids is 1. The van der Waals surface area contributed by atoms with Crippen LogP contribution in [0.1, 0.15) is 42.5 Å². The third-order valence-electron chi connectivity index (χ3n) is 3.98. The number of rotatable bonds is 5. The van der Waals surface area contributed by atoms with E-state index in [1.54, 1.807) is 19.3 Å². The van der Waals surface area contributed by atoms with E-state index in [1.165, 1.54) is 23.5 Å². The Morgan fingerprint density at radius 1 is 1.45 bits per heavy atom. The van der Waals surface area contributed by atoms with E-state index < -0.39 is 0 Å². The van der Waals surface area contributed by atoms with Crippen LogP contribution in [0.4, 0.5) is 0 Å². The molecular weight excluding hydrogens is 254 g/mol. The van der Waals surface area contributed by atoms with Crippen molar-refractivity contribution in [1.29, 1.82) is 0 Å². The molecule has 0 radical (unpaired) electrons. The molecule has 0 spiro atoms. The van der Waals surface area contributed by atoms with Gasteiger partial charge < -0.3 is 15.2 Å². The van der Waals surface area contributed by atoms with Crippen LogP contribution in [-0.2, 0) is 7.05 Å². The van der Waals surface area contributed by atoms with Gasteiger partial charge in [-0.1, -0.05) is 12.8 Å². The second-order valence-corrected chi connectivity index (χ2v) is 5.44. The van der Waals surface area contributed by atoms with Crippen molar-refractivity contribution >= 4 is 5.91 Å². The van der Waals surface area contributed by atoms with Gasteiger partial charge in [0.05, 0.1) is 0 Å². The van der Waals surface area contributed by atoms with Gasteiger partial charge in [0, 0.05) is 37.5 Å². The maximum absolute atomic E-state index is 12.6. The Morgan fingerprint density at radius 2 is 2.15 bits per heavy atom. The van der Waals surface area contributed by atoms with E-state index in [9.17, 15) is 9.59 Å². The third-order valence-corrected chi connectivity index (χ3v) is 3.98. The van der Waals surface area contributed by atoms with Crippen molar-refractivity contribution in [2.45, 2.75) is 38.1 Å². The summed E-state index contributed by atoms with van der Waals surface area (Å²) in [4.78, 5) is 26.2. The standard InChI is InChI=1S/C15H23N3O2/c1-17-10-7-12(11-14(17)19)15(20)18(9-4-8-16)13-5-2-3-6-13/h7,10-11,13H,2-6,8-9,16H2,1H3. The number of pyridine rings is 1. The summed E-state index contributed by atoms with van der Waals surface area (Å²) in [6.07, 6.45) is 6.90. The van der Waals surface area contributed by atoms with Crippen LogP contribution in [-0.4, -0.2) is 34.5 Å². The van der Waals surface area contributed by atoms with Gasteiger partial charge in [-0.3, -0.25) is 9.59 Å². The van der Waals surface area contributed by atoms with Gasteiger partial charge in [-0.05, 0) is 31.9 Å². The SMILES string of the molecule is Cn1ccc(C(=O)N(CCCN)C2CCCC2)cc1=O. The molecule has 0 saturated heterocycles. The average molecular weight is 277 g/mol. The van der Waals surface area contributed by atoms with Crippen molar-refractivity contribution in [3.05, 3.63) is 34.2 Å². The predicted molar refractivity (Wildman–Crippen MR) is 78.6 cm³/mol. The molecule has 2 rings (SSSR count). The first-order valence-corrected chi connectivity index (χ1v) is 7.31. The summed E-state index contributed by atoms with van der Waals surface area (Å²) in [7, 11) is 1.68. The van der Waals surface area contributed by atoms with Crippen molar-refractivity contribution in [2.75, 3.05) is 13.1 Å². The predicted octanol–water partition coefficient (Wildman–Crippen LogP) is 1.12. The number of hydrogen-bond donors (Lipinski definition) is 1. The minimum atomic E-state index is -0.152. The van der Waals surface area contributed by atoms with Gasteiger partial charge in [0.2, 0.25) is 0 Å². The minimum absolute atomic E-state index is 0.0388. The van der Waals surface area contributed by atoms with Gasteiger partial charge in [0.25, 0.3) is 11.5 Å². The molecule has 110 valence electrons. The molecule has 1 saturated carbocycles. The second kappa shape index (κ2) is 6.70. The summed E-state index contributed by atoms with van der Waals surface area (Å²) in [5, 5.41) is 0. The van der Waals surface area contributed by atoms with Crippen molar-refractivity contribution in [1.82, 2.24) is 9.47 Å². The quantitative estimate of drug-likeness (QED) is 0.877. The van der Waals surface area contributed by atoms with Crippen LogP contribution in [0.3, 0.4) is 0 Å². The van der Waals surface area contributed by atoms with E-state index in [-0.39, 0.29) is 11.5 Å². The van der Waals surface area contributed by atoms with Crippen LogP contribution in [0, 0.1) is 0 Å². The molecule has 1 fully saturated rings. The summed E-state index contributed by atoms with van der Waals surface area (Å²) in [6, 6.07) is 3.44. The van der Waals surface area contributed by atoms with Crippen LogP contribution < -0.4 is 11.3 Å². The molecule has 0 aromatic carbocycles. The summed E-state index contributed by atoms with van der Waals surface area (Å²) in [5.41, 5.74) is 5.90. The van der Waals surface area contributed by atoms with Gasteiger partial charge in [0.15, 0.2) is 0 Å². The Labute approximate surface area is 119 Å². The van der Waals surface area contributed by atoms with Gasteiger partial charge in [-0.25, -0.2) is 0 Å². The molecule has 1 aliphatic carbocycles. The molecule has 20 heavy (non-hydrogen) atoms. The highest BCUT2D eigenvalue weighted by molar-refractivity contribution is 5.94. The van der Waals surface area contributed by atoms with E-state index in [1.807, 2.05) is 4.90 Å². The van der Waals surface area contributed by atoms with E-state index in [0.29, 0.717) is 24.7 Å². The van der Waals surface area contributed by atoms with E-state index in [2.05, 4.69) is 0 Å². The maximum atomic E-state index is 12.6. The Balaban J connectivity index is 2.19. The van der Waals surface area contributed by atoms with Crippen LogP contribution in [0.2, 0.25) is 0 Å². The lowest BCUT2D eigenvalue weighted by Gasteiger charge is -2.29. The van der Waals surface area contributed by atoms with Crippen LogP contribution in [0.15, 0.2) is 23.1 Å². The van der Waals surface area contributed by atoms with Crippen molar-refractivity contribution in [3.63, 3.8) is 0 Å². The van der Waals surface area contributed by atoms with Crippen LogP contribution >= 0.6 is 0 Å². The molecule has 1 amide bonds. The zero-order valence-corrected chi connectivity index (χ0v) is 12.0. The Morgan fingerprint density at radius 3 is 2.75 bits per heavy atom. The smallest absolute Gasteiger partial charge is 0.254 e. The number of carbonyl (C=O) groups is 1. The first kappa shape index (κ1) is 14.8. The minimum Gasteiger partial charge on any atom is -0.336 e. The zero-order valence-electron chi connectivity index (χ0n) is 12.0. The maximum Gasteiger partial charge on any atom is 0.254 e. The Kier molecular flexibility index (Phi) is 4.95. The highest BCUT2D eigenvalue weighted by atomic mass is 16.2. The fraction of sp³-hybridized carbons (Fsp3) is 0.600. The van der Waals surface area contributed by atoms with Gasteiger partial charge in [-0.15, -0.1) is 0 Å². The summed E-state index contributed by atoms with van der Waals surface area (Å²) in [5.74, 6) is -0.0388. The first-order valence-electron chi connectivity index (χ1n) is 7.31. The highest BCUT2D eigenvalue weighted by Gasteiger charge is 2.27. The molecule has 2 N–H and O–H groups in total. The van der Waals surface area contributed by atoms with Crippen molar-refractivity contribution in [2.24, 2.45) is 12.8 Å². The Bertz CT molecular complexity index is 518. The molecule has 1 heterocycles. The monoisotopic (exact) mass is 277 g/mol. The lowest BCUT2D eigenvalue weighted by molar-refractivity contribution is 0.0680. The lowest BCUT2D eigenvalue weighted by atomic mass is 10.1. The second-order valence-electron chi connectivity index (χ2n) is 5.44. The fourth-order valence-corrected chi connectivity index (χ4v) is 2.77. The molecule has 5 nitrogen and oxygen atoms in total. The molecule has 5 heteroatoms. The molecule has 0 bridgehead atoms. The van der Waals surface area contributed by atoms with Gasteiger partial charge in [-0.2, -0.15) is 0 Å². The van der Waals surface area contributed by atoms with Crippen molar-refractivity contribution < 1.29 is 4.79 Å². The zero-order chi connectivity index (χ0) is 14.5. The molecule has 1 aliphatic rings. The number of nitrogens with zero attached hydrogens (tertiary/aromatic N) is 2.